The molecule has 6 heteroatoms. The van der Waals surface area contributed by atoms with Gasteiger partial charge in [-0.25, -0.2) is 13.6 Å². The van der Waals surface area contributed by atoms with E-state index in [0.717, 1.165) is 18.8 Å². The number of hydrogen-bond donors (Lipinski definition) is 3. The van der Waals surface area contributed by atoms with Crippen molar-refractivity contribution < 1.29 is 8.42 Å². The first kappa shape index (κ1) is 15.1. The predicted octanol–water partition coefficient (Wildman–Crippen LogP) is 2.30. The summed E-state index contributed by atoms with van der Waals surface area (Å²) in [4.78, 5) is 0.0939. The summed E-state index contributed by atoms with van der Waals surface area (Å²) in [6, 6.07) is 4.90. The summed E-state index contributed by atoms with van der Waals surface area (Å²) in [5.41, 5.74) is 7.12. The lowest BCUT2D eigenvalue weighted by Crippen LogP contribution is -2.26. The van der Waals surface area contributed by atoms with Gasteiger partial charge in [0.2, 0.25) is 10.0 Å². The van der Waals surface area contributed by atoms with Crippen LogP contribution in [-0.4, -0.2) is 14.5 Å². The minimum atomic E-state index is -3.69. The first-order valence-electron chi connectivity index (χ1n) is 7.09. The molecule has 2 rings (SSSR count). The maximum Gasteiger partial charge on any atom is 0.238 e. The second-order valence-electron chi connectivity index (χ2n) is 5.56. The third kappa shape index (κ3) is 3.64. The molecular formula is C14H23N3O2S. The molecule has 20 heavy (non-hydrogen) atoms. The van der Waals surface area contributed by atoms with Crippen LogP contribution in [0.3, 0.4) is 0 Å². The third-order valence-electron chi connectivity index (χ3n) is 4.14. The zero-order valence-corrected chi connectivity index (χ0v) is 12.6. The average Bonchev–Trinajstić information content (AvgIpc) is 2.41. The molecule has 1 aliphatic rings. The molecule has 1 aromatic rings. The van der Waals surface area contributed by atoms with E-state index >= 15 is 0 Å². The van der Waals surface area contributed by atoms with Crippen LogP contribution in [0.25, 0.3) is 0 Å². The number of nitrogens with one attached hydrogen (secondary N) is 1. The number of benzene rings is 1. The van der Waals surface area contributed by atoms with Crippen LogP contribution in [0, 0.1) is 5.92 Å². The molecule has 0 heterocycles. The fourth-order valence-electron chi connectivity index (χ4n) is 2.77. The minimum absolute atomic E-state index is 0.0939. The highest BCUT2D eigenvalue weighted by Crippen LogP contribution is 2.30. The summed E-state index contributed by atoms with van der Waals surface area (Å²) in [5, 5.41) is 8.51. The van der Waals surface area contributed by atoms with Gasteiger partial charge in [-0.3, -0.25) is 0 Å². The normalized spacial score (nSPS) is 23.5. The van der Waals surface area contributed by atoms with E-state index in [1.807, 2.05) is 0 Å². The molecule has 5 nitrogen and oxygen atoms in total. The van der Waals surface area contributed by atoms with Crippen LogP contribution < -0.4 is 16.2 Å². The average molecular weight is 297 g/mol. The molecule has 0 aromatic heterocycles. The highest BCUT2D eigenvalue weighted by molar-refractivity contribution is 7.89. The summed E-state index contributed by atoms with van der Waals surface area (Å²) >= 11 is 0. The van der Waals surface area contributed by atoms with E-state index in [-0.39, 0.29) is 4.90 Å². The molecule has 0 saturated heterocycles. The van der Waals surface area contributed by atoms with Gasteiger partial charge < -0.3 is 11.1 Å². The van der Waals surface area contributed by atoms with Gasteiger partial charge in [0.15, 0.2) is 0 Å². The van der Waals surface area contributed by atoms with Gasteiger partial charge in [-0.1, -0.05) is 13.3 Å². The number of rotatable bonds is 4. The lowest BCUT2D eigenvalue weighted by molar-refractivity contribution is 0.330. The summed E-state index contributed by atoms with van der Waals surface area (Å²) in [5.74, 6) is 0.821. The van der Waals surface area contributed by atoms with Crippen molar-refractivity contribution >= 4 is 21.4 Å². The first-order chi connectivity index (χ1) is 9.40. The number of sulfonamides is 1. The minimum Gasteiger partial charge on any atom is -0.397 e. The van der Waals surface area contributed by atoms with E-state index in [1.54, 1.807) is 6.07 Å². The summed E-state index contributed by atoms with van der Waals surface area (Å²) in [6.07, 6.45) is 5.84. The molecule has 0 radical (unpaired) electrons. The maximum atomic E-state index is 11.4. The van der Waals surface area contributed by atoms with Crippen molar-refractivity contribution in [3.8, 4) is 0 Å². The van der Waals surface area contributed by atoms with Gasteiger partial charge in [0.1, 0.15) is 0 Å². The van der Waals surface area contributed by atoms with Crippen LogP contribution in [-0.2, 0) is 10.0 Å². The number of nitrogen functional groups attached to an aromatic ring is 1. The number of anilines is 2. The van der Waals surface area contributed by atoms with Crippen LogP contribution in [0.1, 0.15) is 39.0 Å². The Morgan fingerprint density at radius 2 is 1.90 bits per heavy atom. The predicted molar refractivity (Wildman–Crippen MR) is 81.9 cm³/mol. The lowest BCUT2D eigenvalue weighted by Gasteiger charge is -2.29. The van der Waals surface area contributed by atoms with E-state index in [2.05, 4.69) is 12.2 Å². The van der Waals surface area contributed by atoms with Gasteiger partial charge in [-0.05, 0) is 49.8 Å². The van der Waals surface area contributed by atoms with Crippen molar-refractivity contribution in [1.82, 2.24) is 0 Å². The van der Waals surface area contributed by atoms with E-state index < -0.39 is 10.0 Å². The molecule has 1 fully saturated rings. The molecular weight excluding hydrogens is 274 g/mol. The molecule has 1 aromatic carbocycles. The van der Waals surface area contributed by atoms with Gasteiger partial charge in [0.25, 0.3) is 0 Å². The van der Waals surface area contributed by atoms with Gasteiger partial charge in [0.05, 0.1) is 16.3 Å². The molecule has 112 valence electrons. The molecule has 0 unspecified atom stereocenters. The quantitative estimate of drug-likeness (QED) is 0.743. The second-order valence-corrected chi connectivity index (χ2v) is 7.13. The largest absolute Gasteiger partial charge is 0.397 e. The Morgan fingerprint density at radius 3 is 2.45 bits per heavy atom. The van der Waals surface area contributed by atoms with Crippen molar-refractivity contribution in [3.63, 3.8) is 0 Å². The summed E-state index contributed by atoms with van der Waals surface area (Å²) < 4.78 is 22.8. The van der Waals surface area contributed by atoms with E-state index in [9.17, 15) is 8.42 Å². The highest BCUT2D eigenvalue weighted by Gasteiger charge is 2.20. The Morgan fingerprint density at radius 1 is 1.25 bits per heavy atom. The molecule has 0 spiro atoms. The zero-order chi connectivity index (χ0) is 14.8. The lowest BCUT2D eigenvalue weighted by atomic mass is 9.84. The van der Waals surface area contributed by atoms with Gasteiger partial charge in [-0.15, -0.1) is 0 Å². The monoisotopic (exact) mass is 297 g/mol. The molecule has 5 N–H and O–H groups in total. The van der Waals surface area contributed by atoms with Crippen LogP contribution in [0.2, 0.25) is 0 Å². The first-order valence-corrected chi connectivity index (χ1v) is 8.63. The molecule has 0 atom stereocenters. The van der Waals surface area contributed by atoms with Crippen LogP contribution in [0.5, 0.6) is 0 Å². The van der Waals surface area contributed by atoms with Crippen molar-refractivity contribution in [2.45, 2.75) is 50.0 Å². The molecule has 0 bridgehead atoms. The fourth-order valence-corrected chi connectivity index (χ4v) is 3.31. The number of nitrogens with two attached hydrogens (primary N) is 2. The van der Waals surface area contributed by atoms with Crippen LogP contribution in [0.15, 0.2) is 23.1 Å². The van der Waals surface area contributed by atoms with E-state index in [4.69, 9.17) is 10.9 Å². The third-order valence-corrected chi connectivity index (χ3v) is 5.05. The Bertz CT molecular complexity index is 564. The second kappa shape index (κ2) is 6.01. The SMILES string of the molecule is CCC1CCC(Nc2cc(S(N)(=O)=O)ccc2N)CC1. The van der Waals surface area contributed by atoms with E-state index in [0.29, 0.717) is 17.4 Å². The molecule has 1 aliphatic carbocycles. The molecule has 1 saturated carbocycles. The Labute approximate surface area is 120 Å². The zero-order valence-electron chi connectivity index (χ0n) is 11.8. The Hall–Kier alpha value is -1.27. The maximum absolute atomic E-state index is 11.4. The standard InChI is InChI=1S/C14H23N3O2S/c1-2-10-3-5-11(6-4-10)17-14-9-12(20(16,18)19)7-8-13(14)15/h7-11,17H,2-6,15H2,1H3,(H2,16,18,19). The van der Waals surface area contributed by atoms with Crippen LogP contribution >= 0.6 is 0 Å². The smallest absolute Gasteiger partial charge is 0.238 e. The number of hydrogen-bond acceptors (Lipinski definition) is 4. The van der Waals surface area contributed by atoms with Gasteiger partial charge in [0, 0.05) is 6.04 Å². The van der Waals surface area contributed by atoms with Crippen molar-refractivity contribution in [2.75, 3.05) is 11.1 Å². The number of primary sulfonamides is 1. The summed E-state index contributed by atoms with van der Waals surface area (Å²) in [7, 11) is -3.69. The Balaban J connectivity index is 2.10. The van der Waals surface area contributed by atoms with Crippen molar-refractivity contribution in [3.05, 3.63) is 18.2 Å². The van der Waals surface area contributed by atoms with Gasteiger partial charge in [-0.2, -0.15) is 0 Å². The van der Waals surface area contributed by atoms with E-state index in [1.165, 1.54) is 31.4 Å². The van der Waals surface area contributed by atoms with Crippen molar-refractivity contribution in [2.24, 2.45) is 11.1 Å². The fraction of sp³-hybridized carbons (Fsp3) is 0.571. The molecule has 0 amide bonds. The topological polar surface area (TPSA) is 98.2 Å². The summed E-state index contributed by atoms with van der Waals surface area (Å²) in [6.45, 7) is 2.23. The van der Waals surface area contributed by atoms with Gasteiger partial charge >= 0.3 is 0 Å². The van der Waals surface area contributed by atoms with Crippen molar-refractivity contribution in [1.29, 1.82) is 0 Å². The molecule has 0 aliphatic heterocycles. The highest BCUT2D eigenvalue weighted by atomic mass is 32.2. The Kier molecular flexibility index (Phi) is 4.55. The van der Waals surface area contributed by atoms with Crippen LogP contribution in [0.4, 0.5) is 11.4 Å².